The Morgan fingerprint density at radius 3 is 2.60 bits per heavy atom. The summed E-state index contributed by atoms with van der Waals surface area (Å²) in [6.45, 7) is 4.23. The maximum absolute atomic E-state index is 12.1. The zero-order valence-corrected chi connectivity index (χ0v) is 11.6. The Labute approximate surface area is 118 Å². The SMILES string of the molecule is CC1(C)C=Nc2ccc(NC(=O)c3ccccc3)cc21. The van der Waals surface area contributed by atoms with Gasteiger partial charge in [-0.2, -0.15) is 0 Å². The van der Waals surface area contributed by atoms with Gasteiger partial charge in [0.25, 0.3) is 5.91 Å². The van der Waals surface area contributed by atoms with Crippen LogP contribution < -0.4 is 5.32 Å². The predicted octanol–water partition coefficient (Wildman–Crippen LogP) is 3.93. The molecule has 1 heterocycles. The van der Waals surface area contributed by atoms with Crippen molar-refractivity contribution in [2.45, 2.75) is 19.3 Å². The topological polar surface area (TPSA) is 41.5 Å². The van der Waals surface area contributed by atoms with Crippen molar-refractivity contribution in [3.63, 3.8) is 0 Å². The van der Waals surface area contributed by atoms with Crippen molar-refractivity contribution in [1.82, 2.24) is 0 Å². The monoisotopic (exact) mass is 264 g/mol. The van der Waals surface area contributed by atoms with Gasteiger partial charge in [-0.15, -0.1) is 0 Å². The third-order valence-corrected chi connectivity index (χ3v) is 3.51. The molecule has 0 bridgehead atoms. The Kier molecular flexibility index (Phi) is 2.90. The number of fused-ring (bicyclic) bond motifs is 1. The van der Waals surface area contributed by atoms with Gasteiger partial charge in [0.2, 0.25) is 0 Å². The van der Waals surface area contributed by atoms with Crippen LogP contribution in [0.2, 0.25) is 0 Å². The minimum absolute atomic E-state index is 0.0805. The Balaban J connectivity index is 1.85. The molecule has 2 aromatic rings. The highest BCUT2D eigenvalue weighted by Gasteiger charge is 2.26. The second-order valence-electron chi connectivity index (χ2n) is 5.53. The Morgan fingerprint density at radius 1 is 1.10 bits per heavy atom. The van der Waals surface area contributed by atoms with Crippen LogP contribution in [0.15, 0.2) is 53.5 Å². The van der Waals surface area contributed by atoms with Crippen molar-refractivity contribution in [2.75, 3.05) is 5.32 Å². The van der Waals surface area contributed by atoms with Crippen LogP contribution in [-0.4, -0.2) is 12.1 Å². The molecular formula is C17H16N2O. The molecule has 0 fully saturated rings. The predicted molar refractivity (Wildman–Crippen MR) is 82.0 cm³/mol. The highest BCUT2D eigenvalue weighted by atomic mass is 16.1. The fraction of sp³-hybridized carbons (Fsp3) is 0.176. The van der Waals surface area contributed by atoms with Gasteiger partial charge in [-0.05, 0) is 35.9 Å². The first-order valence-corrected chi connectivity index (χ1v) is 6.62. The Hall–Kier alpha value is -2.42. The highest BCUT2D eigenvalue weighted by molar-refractivity contribution is 6.04. The molecule has 0 aromatic heterocycles. The molecule has 0 unspecified atom stereocenters. The van der Waals surface area contributed by atoms with Crippen molar-refractivity contribution >= 4 is 23.5 Å². The molecule has 0 saturated heterocycles. The lowest BCUT2D eigenvalue weighted by atomic mass is 9.87. The van der Waals surface area contributed by atoms with Crippen LogP contribution >= 0.6 is 0 Å². The van der Waals surface area contributed by atoms with Gasteiger partial charge in [-0.1, -0.05) is 32.0 Å². The molecule has 0 atom stereocenters. The number of carbonyl (C=O) groups is 1. The Morgan fingerprint density at radius 2 is 1.85 bits per heavy atom. The number of carbonyl (C=O) groups excluding carboxylic acids is 1. The fourth-order valence-electron chi connectivity index (χ4n) is 2.34. The lowest BCUT2D eigenvalue weighted by molar-refractivity contribution is 0.102. The fourth-order valence-corrected chi connectivity index (χ4v) is 2.34. The minimum Gasteiger partial charge on any atom is -0.322 e. The first-order valence-electron chi connectivity index (χ1n) is 6.62. The van der Waals surface area contributed by atoms with E-state index in [9.17, 15) is 4.79 Å². The molecule has 2 aromatic carbocycles. The molecule has 100 valence electrons. The number of aliphatic imine (C=N–C) groups is 1. The molecule has 0 radical (unpaired) electrons. The van der Waals surface area contributed by atoms with Crippen molar-refractivity contribution in [3.8, 4) is 0 Å². The van der Waals surface area contributed by atoms with E-state index in [0.29, 0.717) is 5.56 Å². The van der Waals surface area contributed by atoms with Gasteiger partial charge in [-0.3, -0.25) is 9.79 Å². The zero-order valence-electron chi connectivity index (χ0n) is 11.6. The highest BCUT2D eigenvalue weighted by Crippen LogP contribution is 2.37. The minimum atomic E-state index is -0.0951. The normalized spacial score (nSPS) is 14.9. The summed E-state index contributed by atoms with van der Waals surface area (Å²) in [6, 6.07) is 15.0. The summed E-state index contributed by atoms with van der Waals surface area (Å²) in [4.78, 5) is 16.5. The molecule has 20 heavy (non-hydrogen) atoms. The number of anilines is 1. The average molecular weight is 264 g/mol. The van der Waals surface area contributed by atoms with Crippen LogP contribution in [0.25, 0.3) is 0 Å². The molecule has 1 aliphatic heterocycles. The summed E-state index contributed by atoms with van der Waals surface area (Å²) in [7, 11) is 0. The summed E-state index contributed by atoms with van der Waals surface area (Å²) in [5, 5.41) is 2.93. The number of nitrogens with one attached hydrogen (secondary N) is 1. The molecule has 0 spiro atoms. The lowest BCUT2D eigenvalue weighted by Crippen LogP contribution is -2.16. The summed E-state index contributed by atoms with van der Waals surface area (Å²) < 4.78 is 0. The number of rotatable bonds is 2. The number of nitrogens with zero attached hydrogens (tertiary/aromatic N) is 1. The van der Waals surface area contributed by atoms with E-state index in [2.05, 4.69) is 24.2 Å². The van der Waals surface area contributed by atoms with Gasteiger partial charge < -0.3 is 5.32 Å². The van der Waals surface area contributed by atoms with E-state index in [1.165, 1.54) is 0 Å². The second-order valence-corrected chi connectivity index (χ2v) is 5.53. The second kappa shape index (κ2) is 4.60. The Bertz CT molecular complexity index is 687. The standard InChI is InChI=1S/C17H16N2O/c1-17(2)11-18-15-9-8-13(10-14(15)17)19-16(20)12-6-4-3-5-7-12/h3-11H,1-2H3,(H,19,20). The largest absolute Gasteiger partial charge is 0.322 e. The molecule has 1 amide bonds. The quantitative estimate of drug-likeness (QED) is 0.877. The summed E-state index contributed by atoms with van der Waals surface area (Å²) in [5.74, 6) is -0.0951. The van der Waals surface area contributed by atoms with Gasteiger partial charge in [-0.25, -0.2) is 0 Å². The van der Waals surface area contributed by atoms with Crippen LogP contribution in [0, 0.1) is 0 Å². The zero-order chi connectivity index (χ0) is 14.2. The molecule has 0 aliphatic carbocycles. The summed E-state index contributed by atoms with van der Waals surface area (Å²) >= 11 is 0. The van der Waals surface area contributed by atoms with E-state index in [-0.39, 0.29) is 11.3 Å². The third-order valence-electron chi connectivity index (χ3n) is 3.51. The van der Waals surface area contributed by atoms with Gasteiger partial charge in [0.05, 0.1) is 5.69 Å². The third kappa shape index (κ3) is 2.23. The van der Waals surface area contributed by atoms with E-state index in [1.807, 2.05) is 42.6 Å². The van der Waals surface area contributed by atoms with E-state index < -0.39 is 0 Å². The average Bonchev–Trinajstić information content (AvgIpc) is 2.75. The van der Waals surface area contributed by atoms with Gasteiger partial charge in [0.15, 0.2) is 0 Å². The maximum atomic E-state index is 12.1. The first kappa shape index (κ1) is 12.6. The van der Waals surface area contributed by atoms with Crippen LogP contribution in [0.1, 0.15) is 29.8 Å². The molecule has 1 aliphatic rings. The number of hydrogen-bond donors (Lipinski definition) is 1. The van der Waals surface area contributed by atoms with Crippen LogP contribution in [0.3, 0.4) is 0 Å². The van der Waals surface area contributed by atoms with Crippen molar-refractivity contribution < 1.29 is 4.79 Å². The van der Waals surface area contributed by atoms with Gasteiger partial charge in [0.1, 0.15) is 0 Å². The molecule has 3 rings (SSSR count). The molecule has 0 saturated carbocycles. The summed E-state index contributed by atoms with van der Waals surface area (Å²) in [5.41, 5.74) is 3.50. The van der Waals surface area contributed by atoms with Crippen molar-refractivity contribution in [1.29, 1.82) is 0 Å². The summed E-state index contributed by atoms with van der Waals surface area (Å²) in [6.07, 6.45) is 1.94. The van der Waals surface area contributed by atoms with E-state index in [1.54, 1.807) is 12.1 Å². The van der Waals surface area contributed by atoms with Crippen LogP contribution in [0.5, 0.6) is 0 Å². The molecular weight excluding hydrogens is 248 g/mol. The van der Waals surface area contributed by atoms with E-state index in [0.717, 1.165) is 16.9 Å². The van der Waals surface area contributed by atoms with Gasteiger partial charge in [0, 0.05) is 22.9 Å². The first-order chi connectivity index (χ1) is 9.56. The smallest absolute Gasteiger partial charge is 0.255 e. The molecule has 3 heteroatoms. The van der Waals surface area contributed by atoms with E-state index in [4.69, 9.17) is 0 Å². The number of benzene rings is 2. The number of amides is 1. The lowest BCUT2D eigenvalue weighted by Gasteiger charge is -2.16. The van der Waals surface area contributed by atoms with E-state index >= 15 is 0 Å². The van der Waals surface area contributed by atoms with Crippen molar-refractivity contribution in [3.05, 3.63) is 59.7 Å². The van der Waals surface area contributed by atoms with Crippen LogP contribution in [0.4, 0.5) is 11.4 Å². The molecule has 1 N–H and O–H groups in total. The number of hydrogen-bond acceptors (Lipinski definition) is 2. The van der Waals surface area contributed by atoms with Crippen LogP contribution in [-0.2, 0) is 5.41 Å². The van der Waals surface area contributed by atoms with Crippen molar-refractivity contribution in [2.24, 2.45) is 4.99 Å². The van der Waals surface area contributed by atoms with Gasteiger partial charge >= 0.3 is 0 Å². The molecule has 3 nitrogen and oxygen atoms in total. The maximum Gasteiger partial charge on any atom is 0.255 e.